The molecule has 23 heavy (non-hydrogen) atoms. The molecule has 122 valence electrons. The first-order chi connectivity index (χ1) is 11.0. The van der Waals surface area contributed by atoms with E-state index in [1.165, 1.54) is 19.1 Å². The van der Waals surface area contributed by atoms with Crippen LogP contribution in [0.25, 0.3) is 0 Å². The minimum absolute atomic E-state index is 0.0539. The number of methoxy groups -OCH3 is 1. The van der Waals surface area contributed by atoms with Gasteiger partial charge in [0.15, 0.2) is 0 Å². The Hall–Kier alpha value is -2.90. The first-order valence-corrected chi connectivity index (χ1v) is 6.90. The normalized spacial score (nSPS) is 15.6. The van der Waals surface area contributed by atoms with Gasteiger partial charge in [-0.1, -0.05) is 12.1 Å². The van der Waals surface area contributed by atoms with Crippen LogP contribution in [0.2, 0.25) is 0 Å². The van der Waals surface area contributed by atoms with Crippen LogP contribution in [0.4, 0.5) is 4.79 Å². The number of hydrogen-bond donors (Lipinski definition) is 1. The maximum Gasteiger partial charge on any atom is 0.327 e. The number of carbonyl (C=O) groups excluding carboxylic acids is 4. The van der Waals surface area contributed by atoms with Crippen LogP contribution in [-0.4, -0.2) is 61.2 Å². The molecule has 1 saturated heterocycles. The summed E-state index contributed by atoms with van der Waals surface area (Å²) in [5, 5.41) is 2.49. The molecule has 1 aliphatic rings. The summed E-state index contributed by atoms with van der Waals surface area (Å²) in [4.78, 5) is 48.6. The minimum Gasteiger partial charge on any atom is -0.497 e. The zero-order valence-electron chi connectivity index (χ0n) is 12.8. The Labute approximate surface area is 133 Å². The molecule has 4 amide bonds. The van der Waals surface area contributed by atoms with Crippen molar-refractivity contribution in [2.45, 2.75) is 6.04 Å². The second-order valence-electron chi connectivity index (χ2n) is 5.07. The first kappa shape index (κ1) is 16.5. The Balaban J connectivity index is 2.01. The highest BCUT2D eigenvalue weighted by Crippen LogP contribution is 2.16. The van der Waals surface area contributed by atoms with E-state index >= 15 is 0 Å². The van der Waals surface area contributed by atoms with Gasteiger partial charge in [-0.05, 0) is 17.7 Å². The number of amides is 4. The third-order valence-corrected chi connectivity index (χ3v) is 3.46. The van der Waals surface area contributed by atoms with Gasteiger partial charge in [-0.3, -0.25) is 14.5 Å². The minimum atomic E-state index is -0.862. The van der Waals surface area contributed by atoms with Gasteiger partial charge in [0, 0.05) is 7.05 Å². The number of urea groups is 1. The van der Waals surface area contributed by atoms with Crippen LogP contribution in [0.3, 0.4) is 0 Å². The van der Waals surface area contributed by atoms with Gasteiger partial charge >= 0.3 is 6.03 Å². The van der Waals surface area contributed by atoms with Gasteiger partial charge in [-0.25, -0.2) is 4.79 Å². The van der Waals surface area contributed by atoms with Crippen molar-refractivity contribution in [1.82, 2.24) is 15.1 Å². The highest BCUT2D eigenvalue weighted by atomic mass is 16.5. The van der Waals surface area contributed by atoms with Crippen LogP contribution in [0.15, 0.2) is 24.3 Å². The van der Waals surface area contributed by atoms with Crippen LogP contribution in [-0.2, 0) is 14.4 Å². The van der Waals surface area contributed by atoms with Crippen molar-refractivity contribution < 1.29 is 23.9 Å². The SMILES string of the molecule is COc1ccc(C(C=O)NC(=O)CN2C(=O)CN(C)C2=O)cc1. The number of benzene rings is 1. The Morgan fingerprint density at radius 1 is 1.35 bits per heavy atom. The molecular formula is C15H17N3O5. The molecular weight excluding hydrogens is 302 g/mol. The second kappa shape index (κ2) is 6.91. The third kappa shape index (κ3) is 3.65. The molecule has 8 heteroatoms. The number of nitrogens with zero attached hydrogens (tertiary/aromatic N) is 2. The number of hydrogen-bond acceptors (Lipinski definition) is 5. The molecule has 8 nitrogen and oxygen atoms in total. The van der Waals surface area contributed by atoms with E-state index in [-0.39, 0.29) is 6.54 Å². The number of rotatable bonds is 6. The maximum absolute atomic E-state index is 12.0. The molecule has 1 unspecified atom stereocenters. The number of nitrogens with one attached hydrogen (secondary N) is 1. The molecule has 1 aromatic rings. The van der Waals surface area contributed by atoms with Gasteiger partial charge in [0.25, 0.3) is 5.91 Å². The number of likely N-dealkylation sites (N-methyl/N-ethyl adjacent to an activating group) is 1. The summed E-state index contributed by atoms with van der Waals surface area (Å²) in [7, 11) is 3.00. The maximum atomic E-state index is 12.0. The fourth-order valence-electron chi connectivity index (χ4n) is 2.19. The van der Waals surface area contributed by atoms with E-state index in [2.05, 4.69) is 5.32 Å². The van der Waals surface area contributed by atoms with Crippen LogP contribution in [0, 0.1) is 0 Å². The monoisotopic (exact) mass is 319 g/mol. The fourth-order valence-corrected chi connectivity index (χ4v) is 2.19. The highest BCUT2D eigenvalue weighted by molar-refractivity contribution is 6.04. The van der Waals surface area contributed by atoms with Crippen LogP contribution < -0.4 is 10.1 Å². The molecule has 1 heterocycles. The van der Waals surface area contributed by atoms with Crippen molar-refractivity contribution in [1.29, 1.82) is 0 Å². The Morgan fingerprint density at radius 3 is 2.48 bits per heavy atom. The smallest absolute Gasteiger partial charge is 0.327 e. The van der Waals surface area contributed by atoms with E-state index in [4.69, 9.17) is 4.74 Å². The van der Waals surface area contributed by atoms with Crippen molar-refractivity contribution in [3.8, 4) is 5.75 Å². The average Bonchev–Trinajstić information content (AvgIpc) is 2.79. The van der Waals surface area contributed by atoms with Gasteiger partial charge in [-0.2, -0.15) is 0 Å². The lowest BCUT2D eigenvalue weighted by Gasteiger charge is -2.17. The molecule has 1 aromatic carbocycles. The zero-order valence-corrected chi connectivity index (χ0v) is 12.8. The van der Waals surface area contributed by atoms with Crippen LogP contribution >= 0.6 is 0 Å². The summed E-state index contributed by atoms with van der Waals surface area (Å²) < 4.78 is 5.02. The molecule has 0 aromatic heterocycles. The van der Waals surface area contributed by atoms with E-state index in [0.29, 0.717) is 17.6 Å². The molecule has 1 aliphatic heterocycles. The summed E-state index contributed by atoms with van der Waals surface area (Å²) in [5.74, 6) is -0.407. The van der Waals surface area contributed by atoms with Gasteiger partial charge < -0.3 is 19.7 Å². The molecule has 0 spiro atoms. The van der Waals surface area contributed by atoms with Gasteiger partial charge in [-0.15, -0.1) is 0 Å². The summed E-state index contributed by atoms with van der Waals surface area (Å²) in [6, 6.07) is 5.24. The fraction of sp³-hybridized carbons (Fsp3) is 0.333. The van der Waals surface area contributed by atoms with Crippen molar-refractivity contribution in [2.24, 2.45) is 0 Å². The average molecular weight is 319 g/mol. The van der Waals surface area contributed by atoms with Crippen LogP contribution in [0.1, 0.15) is 11.6 Å². The number of carbonyl (C=O) groups is 4. The first-order valence-electron chi connectivity index (χ1n) is 6.90. The van der Waals surface area contributed by atoms with E-state index in [9.17, 15) is 19.2 Å². The highest BCUT2D eigenvalue weighted by Gasteiger charge is 2.35. The lowest BCUT2D eigenvalue weighted by atomic mass is 10.1. The largest absolute Gasteiger partial charge is 0.497 e. The van der Waals surface area contributed by atoms with Crippen LogP contribution in [0.5, 0.6) is 5.75 Å². The second-order valence-corrected chi connectivity index (χ2v) is 5.07. The van der Waals surface area contributed by atoms with E-state index < -0.39 is 30.4 Å². The Bertz CT molecular complexity index is 629. The van der Waals surface area contributed by atoms with Crippen molar-refractivity contribution in [3.05, 3.63) is 29.8 Å². The summed E-state index contributed by atoms with van der Waals surface area (Å²) in [6.07, 6.45) is 0.583. The predicted octanol–water partition coefficient (Wildman–Crippen LogP) is -0.0546. The quantitative estimate of drug-likeness (QED) is 0.585. The van der Waals surface area contributed by atoms with Crippen molar-refractivity contribution in [2.75, 3.05) is 27.2 Å². The number of ether oxygens (including phenoxy) is 1. The molecule has 2 rings (SSSR count). The summed E-state index contributed by atoms with van der Waals surface area (Å²) in [6.45, 7) is -0.468. The molecule has 0 aliphatic carbocycles. The van der Waals surface area contributed by atoms with E-state index in [1.54, 1.807) is 24.3 Å². The number of imide groups is 1. The molecule has 0 bridgehead atoms. The topological polar surface area (TPSA) is 96.0 Å². The lowest BCUT2D eigenvalue weighted by Crippen LogP contribution is -2.42. The Morgan fingerprint density at radius 2 is 2.00 bits per heavy atom. The van der Waals surface area contributed by atoms with Gasteiger partial charge in [0.05, 0.1) is 7.11 Å². The lowest BCUT2D eigenvalue weighted by molar-refractivity contribution is -0.131. The summed E-state index contributed by atoms with van der Waals surface area (Å²) >= 11 is 0. The molecule has 1 fully saturated rings. The van der Waals surface area contributed by atoms with Crippen molar-refractivity contribution >= 4 is 24.1 Å². The molecule has 1 N–H and O–H groups in total. The molecule has 1 atom stereocenters. The van der Waals surface area contributed by atoms with Gasteiger partial charge in [0.1, 0.15) is 31.2 Å². The van der Waals surface area contributed by atoms with Crippen molar-refractivity contribution in [3.63, 3.8) is 0 Å². The van der Waals surface area contributed by atoms with E-state index in [0.717, 1.165) is 4.90 Å². The third-order valence-electron chi connectivity index (χ3n) is 3.46. The predicted molar refractivity (Wildman–Crippen MR) is 79.7 cm³/mol. The van der Waals surface area contributed by atoms with Gasteiger partial charge in [0.2, 0.25) is 5.91 Å². The number of aldehydes is 1. The van der Waals surface area contributed by atoms with E-state index in [1.807, 2.05) is 0 Å². The zero-order chi connectivity index (χ0) is 17.0. The molecule has 0 radical (unpaired) electrons. The molecule has 0 saturated carbocycles. The summed E-state index contributed by atoms with van der Waals surface area (Å²) in [5.41, 5.74) is 0.574. The Kier molecular flexibility index (Phi) is 4.95. The standard InChI is InChI=1S/C15H17N3O5/c1-17-8-14(21)18(15(17)22)7-13(20)16-12(9-19)10-3-5-11(23-2)6-4-10/h3-6,9,12H,7-8H2,1-2H3,(H,16,20).